The van der Waals surface area contributed by atoms with Crippen LogP contribution in [-0.4, -0.2) is 27.6 Å². The van der Waals surface area contributed by atoms with Crippen molar-refractivity contribution in [2.45, 2.75) is 24.5 Å². The van der Waals surface area contributed by atoms with E-state index in [2.05, 4.69) is 88.9 Å². The van der Waals surface area contributed by atoms with Crippen LogP contribution in [0.5, 0.6) is 0 Å². The molecular weight excluding hydrogens is 542 g/mol. The van der Waals surface area contributed by atoms with Gasteiger partial charge in [0.05, 0.1) is 18.1 Å². The summed E-state index contributed by atoms with van der Waals surface area (Å²) < 4.78 is 2.20. The normalized spacial score (nSPS) is 12.0. The van der Waals surface area contributed by atoms with E-state index in [9.17, 15) is 9.90 Å². The highest BCUT2D eigenvalue weighted by Crippen LogP contribution is 2.41. The summed E-state index contributed by atoms with van der Waals surface area (Å²) in [5, 5.41) is 13.8. The molecule has 1 atom stereocenters. The predicted octanol–water partition coefficient (Wildman–Crippen LogP) is 7.42. The monoisotopic (exact) mass is 577 g/mol. The molecule has 6 rings (SSSR count). The van der Waals surface area contributed by atoms with Gasteiger partial charge in [0.2, 0.25) is 0 Å². The summed E-state index contributed by atoms with van der Waals surface area (Å²) in [6.45, 7) is 0. The molecule has 44 heavy (non-hydrogen) atoms. The van der Waals surface area contributed by atoms with Crippen molar-refractivity contribution < 1.29 is 9.90 Å². The van der Waals surface area contributed by atoms with E-state index in [1.807, 2.05) is 67.0 Å². The van der Waals surface area contributed by atoms with Gasteiger partial charge in [-0.3, -0.25) is 4.79 Å². The summed E-state index contributed by atoms with van der Waals surface area (Å²) in [6.07, 6.45) is 4.56. The molecule has 0 aliphatic rings. The van der Waals surface area contributed by atoms with Crippen molar-refractivity contribution in [2.75, 3.05) is 7.05 Å². The molecule has 0 aliphatic carbocycles. The topological polar surface area (TPSA) is 67.2 Å². The largest absolute Gasteiger partial charge is 0.388 e. The van der Waals surface area contributed by atoms with E-state index in [4.69, 9.17) is 4.98 Å². The van der Waals surface area contributed by atoms with Crippen LogP contribution in [0, 0.1) is 0 Å². The molecule has 6 aromatic rings. The number of benzene rings is 5. The van der Waals surface area contributed by atoms with Crippen LogP contribution in [-0.2, 0) is 12.0 Å². The van der Waals surface area contributed by atoms with Crippen LogP contribution in [0.1, 0.15) is 50.8 Å². The van der Waals surface area contributed by atoms with Gasteiger partial charge in [-0.05, 0) is 58.4 Å². The molecule has 0 aliphatic heterocycles. The lowest BCUT2D eigenvalue weighted by Crippen LogP contribution is -2.36. The van der Waals surface area contributed by atoms with E-state index in [0.29, 0.717) is 18.4 Å². The molecule has 1 heterocycles. The zero-order valence-corrected chi connectivity index (χ0v) is 24.7. The smallest absolute Gasteiger partial charge is 0.251 e. The molecule has 0 bridgehead atoms. The van der Waals surface area contributed by atoms with Crippen molar-refractivity contribution in [2.24, 2.45) is 0 Å². The van der Waals surface area contributed by atoms with E-state index in [1.54, 1.807) is 13.1 Å². The molecule has 1 amide bonds. The molecule has 0 saturated heterocycles. The third-order valence-corrected chi connectivity index (χ3v) is 8.25. The Labute approximate surface area is 258 Å². The zero-order valence-electron chi connectivity index (χ0n) is 24.7. The Balaban J connectivity index is 1.25. The summed E-state index contributed by atoms with van der Waals surface area (Å²) in [5.74, 6) is -0.116. The van der Waals surface area contributed by atoms with Gasteiger partial charge >= 0.3 is 0 Å². The zero-order chi connectivity index (χ0) is 30.4. The first-order chi connectivity index (χ1) is 21.6. The first kappa shape index (κ1) is 28.8. The van der Waals surface area contributed by atoms with Crippen LogP contribution in [0.4, 0.5) is 0 Å². The molecule has 1 aromatic heterocycles. The average Bonchev–Trinajstić information content (AvgIpc) is 3.58. The summed E-state index contributed by atoms with van der Waals surface area (Å²) in [6, 6.07) is 47.0. The number of aliphatic hydroxyl groups excluding tert-OH is 1. The lowest BCUT2D eigenvalue weighted by atomic mass is 9.77. The minimum absolute atomic E-state index is 0.116. The number of imidazole rings is 1. The Bertz CT molecular complexity index is 1720. The second-order valence-corrected chi connectivity index (χ2v) is 10.9. The maximum atomic E-state index is 12.1. The van der Waals surface area contributed by atoms with Crippen LogP contribution in [0.3, 0.4) is 0 Å². The summed E-state index contributed by atoms with van der Waals surface area (Å²) >= 11 is 0. The van der Waals surface area contributed by atoms with Crippen molar-refractivity contribution in [3.05, 3.63) is 186 Å². The average molecular weight is 578 g/mol. The highest BCUT2D eigenvalue weighted by atomic mass is 16.3. The number of aromatic nitrogens is 2. The van der Waals surface area contributed by atoms with Crippen LogP contribution >= 0.6 is 0 Å². The quantitative estimate of drug-likeness (QED) is 0.167. The molecule has 1 unspecified atom stereocenters. The number of amides is 1. The Morgan fingerprint density at radius 2 is 1.32 bits per heavy atom. The van der Waals surface area contributed by atoms with Crippen molar-refractivity contribution in [1.82, 2.24) is 14.9 Å². The van der Waals surface area contributed by atoms with Gasteiger partial charge in [0.25, 0.3) is 5.91 Å². The third kappa shape index (κ3) is 5.70. The highest BCUT2D eigenvalue weighted by Gasteiger charge is 2.38. The molecular formula is C39H35N3O2. The summed E-state index contributed by atoms with van der Waals surface area (Å²) in [7, 11) is 1.63. The van der Waals surface area contributed by atoms with E-state index in [1.165, 1.54) is 0 Å². The van der Waals surface area contributed by atoms with Gasteiger partial charge in [0.15, 0.2) is 0 Å². The lowest BCUT2D eigenvalue weighted by molar-refractivity contribution is 0.0963. The Kier molecular flexibility index (Phi) is 8.48. The fourth-order valence-electron chi connectivity index (χ4n) is 5.99. The van der Waals surface area contributed by atoms with Crippen molar-refractivity contribution in [3.63, 3.8) is 0 Å². The minimum atomic E-state index is -0.631. The lowest BCUT2D eigenvalue weighted by Gasteiger charge is -2.37. The first-order valence-corrected chi connectivity index (χ1v) is 14.9. The number of nitrogens with zero attached hydrogens (tertiary/aromatic N) is 2. The molecule has 5 heteroatoms. The molecule has 0 saturated carbocycles. The number of carbonyl (C=O) groups is 1. The SMILES string of the molecule is CNC(=O)c1cccc(-c2ccc(C(O)CCc3cn(C(c4ccccc4)(c4ccccc4)c4ccccc4)cn3)cc2)c1. The maximum absolute atomic E-state index is 12.1. The van der Waals surface area contributed by atoms with Gasteiger partial charge in [-0.15, -0.1) is 0 Å². The van der Waals surface area contributed by atoms with Gasteiger partial charge in [0.1, 0.15) is 5.54 Å². The standard InChI is InChI=1S/C39H35N3O2/c1-40-38(44)32-13-11-12-31(26-32)29-20-22-30(23-21-29)37(43)25-24-36-27-42(28-41-36)39(33-14-5-2-6-15-33,34-16-7-3-8-17-34)35-18-9-4-10-19-35/h2-23,26-28,37,43H,24-25H2,1H3,(H,40,44). The van der Waals surface area contributed by atoms with Gasteiger partial charge in [-0.1, -0.05) is 127 Å². The number of aliphatic hydroxyl groups is 1. The number of carbonyl (C=O) groups excluding carboxylic acids is 1. The van der Waals surface area contributed by atoms with Crippen molar-refractivity contribution in [3.8, 4) is 11.1 Å². The van der Waals surface area contributed by atoms with E-state index in [-0.39, 0.29) is 5.91 Å². The van der Waals surface area contributed by atoms with Crippen LogP contribution in [0.25, 0.3) is 11.1 Å². The summed E-state index contributed by atoms with van der Waals surface area (Å²) in [5.41, 5.74) is 7.14. The van der Waals surface area contributed by atoms with Crippen LogP contribution < -0.4 is 5.32 Å². The number of aryl methyl sites for hydroxylation is 1. The Morgan fingerprint density at radius 1 is 0.750 bits per heavy atom. The molecule has 2 N–H and O–H groups in total. The van der Waals surface area contributed by atoms with Gasteiger partial charge in [-0.2, -0.15) is 0 Å². The minimum Gasteiger partial charge on any atom is -0.388 e. The van der Waals surface area contributed by atoms with Gasteiger partial charge in [-0.25, -0.2) is 4.98 Å². The second-order valence-electron chi connectivity index (χ2n) is 10.9. The molecule has 0 radical (unpaired) electrons. The number of hydrogen-bond acceptors (Lipinski definition) is 3. The molecule has 5 nitrogen and oxygen atoms in total. The third-order valence-electron chi connectivity index (χ3n) is 8.25. The first-order valence-electron chi connectivity index (χ1n) is 14.9. The van der Waals surface area contributed by atoms with Crippen molar-refractivity contribution >= 4 is 5.91 Å². The van der Waals surface area contributed by atoms with Gasteiger partial charge < -0.3 is 15.0 Å². The Morgan fingerprint density at radius 3 is 1.86 bits per heavy atom. The molecule has 5 aromatic carbocycles. The maximum Gasteiger partial charge on any atom is 0.251 e. The van der Waals surface area contributed by atoms with E-state index >= 15 is 0 Å². The van der Waals surface area contributed by atoms with Crippen molar-refractivity contribution in [1.29, 1.82) is 0 Å². The van der Waals surface area contributed by atoms with E-state index < -0.39 is 11.6 Å². The van der Waals surface area contributed by atoms with Crippen LogP contribution in [0.15, 0.2) is 152 Å². The molecule has 218 valence electrons. The second kappa shape index (κ2) is 12.9. The fourth-order valence-corrected chi connectivity index (χ4v) is 5.99. The highest BCUT2D eigenvalue weighted by molar-refractivity contribution is 5.95. The number of nitrogens with one attached hydrogen (secondary N) is 1. The Hall–Kier alpha value is -5.26. The number of rotatable bonds is 10. The summed E-state index contributed by atoms with van der Waals surface area (Å²) in [4.78, 5) is 16.9. The number of hydrogen-bond donors (Lipinski definition) is 2. The predicted molar refractivity (Wildman–Crippen MR) is 175 cm³/mol. The van der Waals surface area contributed by atoms with Gasteiger partial charge in [0, 0.05) is 18.8 Å². The fraction of sp³-hybridized carbons (Fsp3) is 0.128. The molecule has 0 fully saturated rings. The van der Waals surface area contributed by atoms with E-state index in [0.717, 1.165) is 39.1 Å². The van der Waals surface area contributed by atoms with Crippen LogP contribution in [0.2, 0.25) is 0 Å². The molecule has 0 spiro atoms.